The van der Waals surface area contributed by atoms with Crippen LogP contribution in [0.3, 0.4) is 0 Å². The number of carbonyl (C=O) groups excluding carboxylic acids is 1. The van der Waals surface area contributed by atoms with E-state index in [1.165, 1.54) is 0 Å². The number of nitrogens with two attached hydrogens (primary N) is 1. The number of aromatic nitrogens is 1. The second-order valence-corrected chi connectivity index (χ2v) is 3.85. The van der Waals surface area contributed by atoms with E-state index in [9.17, 15) is 4.79 Å². The molecular weight excluding hydrogens is 218 g/mol. The molecule has 1 amide bonds. The smallest absolute Gasteiger partial charge is 0.277 e. The molecule has 2 rings (SSSR count). The maximum absolute atomic E-state index is 11.8. The minimum absolute atomic E-state index is 0.254. The minimum Gasteiger partial charge on any atom is -0.399 e. The molecule has 1 aromatic carbocycles. The number of hydrogen-bond acceptors (Lipinski definition) is 4. The molecule has 0 aliphatic carbocycles. The van der Waals surface area contributed by atoms with Crippen LogP contribution in [0.2, 0.25) is 0 Å². The first kappa shape index (κ1) is 11.2. The van der Waals surface area contributed by atoms with Crippen molar-refractivity contribution >= 4 is 17.3 Å². The number of anilines is 2. The molecule has 1 heterocycles. The third kappa shape index (κ3) is 2.44. The van der Waals surface area contributed by atoms with Gasteiger partial charge in [0.25, 0.3) is 5.91 Å². The van der Waals surface area contributed by atoms with Crippen LogP contribution in [0.15, 0.2) is 28.8 Å². The van der Waals surface area contributed by atoms with Gasteiger partial charge in [-0.25, -0.2) is 0 Å². The zero-order valence-corrected chi connectivity index (χ0v) is 9.65. The monoisotopic (exact) mass is 231 g/mol. The number of benzene rings is 1. The van der Waals surface area contributed by atoms with Gasteiger partial charge in [-0.15, -0.1) is 0 Å². The lowest BCUT2D eigenvalue weighted by molar-refractivity contribution is 0.101. The van der Waals surface area contributed by atoms with Crippen LogP contribution in [0, 0.1) is 13.8 Å². The summed E-state index contributed by atoms with van der Waals surface area (Å²) in [5.74, 6) is 0.287. The molecule has 0 bridgehead atoms. The van der Waals surface area contributed by atoms with Crippen molar-refractivity contribution < 1.29 is 9.32 Å². The normalized spacial score (nSPS) is 10.2. The van der Waals surface area contributed by atoms with Crippen molar-refractivity contribution in [1.29, 1.82) is 0 Å². The molecule has 0 saturated carbocycles. The molecule has 3 N–H and O–H groups in total. The second kappa shape index (κ2) is 4.29. The summed E-state index contributed by atoms with van der Waals surface area (Å²) in [7, 11) is 0. The Bertz CT molecular complexity index is 561. The number of nitrogens with zero attached hydrogens (tertiary/aromatic N) is 1. The van der Waals surface area contributed by atoms with E-state index in [4.69, 9.17) is 10.3 Å². The van der Waals surface area contributed by atoms with Gasteiger partial charge in [-0.1, -0.05) is 11.2 Å². The van der Waals surface area contributed by atoms with E-state index >= 15 is 0 Å². The Morgan fingerprint density at radius 1 is 1.35 bits per heavy atom. The molecule has 0 spiro atoms. The molecule has 17 heavy (non-hydrogen) atoms. The van der Waals surface area contributed by atoms with Crippen molar-refractivity contribution in [3.63, 3.8) is 0 Å². The Morgan fingerprint density at radius 3 is 2.76 bits per heavy atom. The molecule has 0 unspecified atom stereocenters. The Morgan fingerprint density at radius 2 is 2.12 bits per heavy atom. The molecule has 5 heteroatoms. The first-order valence-corrected chi connectivity index (χ1v) is 5.17. The third-order valence-corrected chi connectivity index (χ3v) is 2.37. The summed E-state index contributed by atoms with van der Waals surface area (Å²) < 4.78 is 4.84. The number of hydrogen-bond donors (Lipinski definition) is 2. The number of nitrogen functional groups attached to an aromatic ring is 1. The molecule has 0 saturated heterocycles. The van der Waals surface area contributed by atoms with E-state index in [0.29, 0.717) is 17.1 Å². The second-order valence-electron chi connectivity index (χ2n) is 3.85. The lowest BCUT2D eigenvalue weighted by atomic mass is 10.2. The molecule has 5 nitrogen and oxygen atoms in total. The molecule has 88 valence electrons. The predicted octanol–water partition coefficient (Wildman–Crippen LogP) is 2.13. The first-order chi connectivity index (χ1) is 8.06. The molecular formula is C12H13N3O2. The van der Waals surface area contributed by atoms with Crippen LogP contribution in [-0.4, -0.2) is 11.1 Å². The molecule has 0 aliphatic heterocycles. The van der Waals surface area contributed by atoms with Crippen molar-refractivity contribution in [3.8, 4) is 0 Å². The van der Waals surface area contributed by atoms with Gasteiger partial charge >= 0.3 is 0 Å². The fraction of sp³-hybridized carbons (Fsp3) is 0.167. The molecule has 0 radical (unpaired) electrons. The van der Waals surface area contributed by atoms with Crippen LogP contribution in [0.1, 0.15) is 21.8 Å². The number of carbonyl (C=O) groups is 1. The Kier molecular flexibility index (Phi) is 2.82. The summed E-state index contributed by atoms with van der Waals surface area (Å²) in [6, 6.07) is 6.92. The average molecular weight is 231 g/mol. The zero-order valence-electron chi connectivity index (χ0n) is 9.65. The number of rotatable bonds is 2. The molecule has 2 aromatic rings. The SMILES string of the molecule is Cc1cc(C(=O)Nc2cc(N)ccc2C)no1. The average Bonchev–Trinajstić information content (AvgIpc) is 2.70. The van der Waals surface area contributed by atoms with Gasteiger partial charge in [-0.3, -0.25) is 4.79 Å². The van der Waals surface area contributed by atoms with Crippen molar-refractivity contribution in [1.82, 2.24) is 5.16 Å². The zero-order chi connectivity index (χ0) is 12.4. The summed E-state index contributed by atoms with van der Waals surface area (Å²) in [5.41, 5.74) is 8.13. The largest absolute Gasteiger partial charge is 0.399 e. The first-order valence-electron chi connectivity index (χ1n) is 5.17. The van der Waals surface area contributed by atoms with Crippen LogP contribution < -0.4 is 11.1 Å². The van der Waals surface area contributed by atoms with Gasteiger partial charge in [0.2, 0.25) is 0 Å². The van der Waals surface area contributed by atoms with E-state index in [1.54, 1.807) is 25.1 Å². The van der Waals surface area contributed by atoms with Gasteiger partial charge in [0.05, 0.1) is 0 Å². The highest BCUT2D eigenvalue weighted by atomic mass is 16.5. The maximum atomic E-state index is 11.8. The van der Waals surface area contributed by atoms with Crippen LogP contribution in [0.5, 0.6) is 0 Å². The van der Waals surface area contributed by atoms with Gasteiger partial charge in [-0.2, -0.15) is 0 Å². The third-order valence-electron chi connectivity index (χ3n) is 2.37. The summed E-state index contributed by atoms with van der Waals surface area (Å²) >= 11 is 0. The van der Waals surface area contributed by atoms with Crippen molar-refractivity contribution in [2.75, 3.05) is 11.1 Å². The molecule has 1 aromatic heterocycles. The van der Waals surface area contributed by atoms with Crippen LogP contribution in [0.25, 0.3) is 0 Å². The quantitative estimate of drug-likeness (QED) is 0.776. The Labute approximate surface area is 98.6 Å². The Balaban J connectivity index is 2.21. The molecule has 0 atom stereocenters. The molecule has 0 fully saturated rings. The molecule has 0 aliphatic rings. The standard InChI is InChI=1S/C12H13N3O2/c1-7-3-4-9(13)6-10(7)14-12(16)11-5-8(2)17-15-11/h3-6H,13H2,1-2H3,(H,14,16). The van der Waals surface area contributed by atoms with Crippen molar-refractivity contribution in [2.24, 2.45) is 0 Å². The highest BCUT2D eigenvalue weighted by molar-refractivity contribution is 6.03. The number of aryl methyl sites for hydroxylation is 2. The topological polar surface area (TPSA) is 81.2 Å². The minimum atomic E-state index is -0.310. The van der Waals surface area contributed by atoms with Gasteiger partial charge in [0.1, 0.15) is 5.76 Å². The fourth-order valence-corrected chi connectivity index (χ4v) is 1.43. The van der Waals surface area contributed by atoms with Crippen molar-refractivity contribution in [3.05, 3.63) is 41.3 Å². The highest BCUT2D eigenvalue weighted by Gasteiger charge is 2.12. The van der Waals surface area contributed by atoms with Gasteiger partial charge in [-0.05, 0) is 31.5 Å². The predicted molar refractivity (Wildman–Crippen MR) is 64.8 cm³/mol. The maximum Gasteiger partial charge on any atom is 0.277 e. The van der Waals surface area contributed by atoms with E-state index in [0.717, 1.165) is 5.56 Å². The summed E-state index contributed by atoms with van der Waals surface area (Å²) in [6.45, 7) is 3.62. The summed E-state index contributed by atoms with van der Waals surface area (Å²) in [6.07, 6.45) is 0. The summed E-state index contributed by atoms with van der Waals surface area (Å²) in [4.78, 5) is 11.8. The Hall–Kier alpha value is -2.30. The van der Waals surface area contributed by atoms with Gasteiger partial charge < -0.3 is 15.6 Å². The highest BCUT2D eigenvalue weighted by Crippen LogP contribution is 2.18. The van der Waals surface area contributed by atoms with E-state index in [1.807, 2.05) is 13.0 Å². The number of amides is 1. The lowest BCUT2D eigenvalue weighted by Gasteiger charge is -2.07. The summed E-state index contributed by atoms with van der Waals surface area (Å²) in [5, 5.41) is 6.38. The lowest BCUT2D eigenvalue weighted by Crippen LogP contribution is -2.13. The van der Waals surface area contributed by atoms with E-state index < -0.39 is 0 Å². The van der Waals surface area contributed by atoms with Gasteiger partial charge in [0, 0.05) is 17.4 Å². The fourth-order valence-electron chi connectivity index (χ4n) is 1.43. The van der Waals surface area contributed by atoms with E-state index in [2.05, 4.69) is 10.5 Å². The van der Waals surface area contributed by atoms with Crippen LogP contribution in [0.4, 0.5) is 11.4 Å². The van der Waals surface area contributed by atoms with Crippen LogP contribution in [-0.2, 0) is 0 Å². The van der Waals surface area contributed by atoms with E-state index in [-0.39, 0.29) is 11.6 Å². The van der Waals surface area contributed by atoms with Gasteiger partial charge in [0.15, 0.2) is 5.69 Å². The number of nitrogens with one attached hydrogen (secondary N) is 1. The van der Waals surface area contributed by atoms with Crippen LogP contribution >= 0.6 is 0 Å². The van der Waals surface area contributed by atoms with Crippen molar-refractivity contribution in [2.45, 2.75) is 13.8 Å².